The molecule has 3 aromatic carbocycles. The second-order valence-corrected chi connectivity index (χ2v) is 13.7. The normalized spacial score (nSPS) is 25.7. The lowest BCUT2D eigenvalue weighted by molar-refractivity contribution is 0.265. The van der Waals surface area contributed by atoms with E-state index in [1.54, 1.807) is 0 Å². The Bertz CT molecular complexity index is 2220. The molecule has 5 aliphatic rings. The van der Waals surface area contributed by atoms with Gasteiger partial charge in [0.1, 0.15) is 11.9 Å². The molecule has 0 amide bonds. The standard InChI is InChI=1S/C41H33N3O/c1-41(2)34-9-5-3-7-28(34)31-20-33-30-15-13-26(19-39(30)45-40(33)21-35(31)41)27-14-11-25(23-43)18-38(27)44-36-10-6-4-8-29(36)32-17-24(22-42)12-16-37(32)44/h4-6,8-10,12-13,15-21,27,33,38,40H,3,7,11,14H2,1-2H3. The summed E-state index contributed by atoms with van der Waals surface area (Å²) in [5.74, 6) is 1.38. The molecule has 4 atom stereocenters. The molecule has 1 aliphatic heterocycles. The highest BCUT2D eigenvalue weighted by molar-refractivity contribution is 6.08. The molecule has 4 aromatic rings. The molecule has 4 unspecified atom stereocenters. The van der Waals surface area contributed by atoms with E-state index in [0.717, 1.165) is 58.8 Å². The molecular formula is C41H33N3O. The van der Waals surface area contributed by atoms with Gasteiger partial charge in [0.2, 0.25) is 0 Å². The van der Waals surface area contributed by atoms with Crippen LogP contribution in [0.25, 0.3) is 21.8 Å². The largest absolute Gasteiger partial charge is 0.485 e. The average Bonchev–Trinajstić information content (AvgIpc) is 3.68. The molecular weight excluding hydrogens is 550 g/mol. The van der Waals surface area contributed by atoms with Crippen LogP contribution in [-0.4, -0.2) is 10.7 Å². The van der Waals surface area contributed by atoms with Crippen LogP contribution in [0.2, 0.25) is 0 Å². The van der Waals surface area contributed by atoms with E-state index in [4.69, 9.17) is 4.74 Å². The number of fused-ring (bicyclic) bond motifs is 8. The first-order valence-corrected chi connectivity index (χ1v) is 16.2. The van der Waals surface area contributed by atoms with Gasteiger partial charge in [-0.1, -0.05) is 62.4 Å². The molecule has 218 valence electrons. The van der Waals surface area contributed by atoms with Crippen LogP contribution in [0, 0.1) is 28.1 Å². The van der Waals surface area contributed by atoms with Crippen LogP contribution in [0.5, 0.6) is 5.75 Å². The molecule has 9 rings (SSSR count). The molecule has 45 heavy (non-hydrogen) atoms. The van der Waals surface area contributed by atoms with Crippen LogP contribution < -0.4 is 4.74 Å². The van der Waals surface area contributed by atoms with Crippen LogP contribution in [0.1, 0.15) is 74.1 Å². The summed E-state index contributed by atoms with van der Waals surface area (Å²) in [6, 6.07) is 26.0. The van der Waals surface area contributed by atoms with Crippen molar-refractivity contribution in [3.8, 4) is 17.9 Å². The fraction of sp³-hybridized carbons (Fsp3) is 0.268. The van der Waals surface area contributed by atoms with Crippen molar-refractivity contribution in [1.29, 1.82) is 10.5 Å². The summed E-state index contributed by atoms with van der Waals surface area (Å²) in [7, 11) is 0. The summed E-state index contributed by atoms with van der Waals surface area (Å²) in [5.41, 5.74) is 12.1. The zero-order valence-electron chi connectivity index (χ0n) is 25.5. The molecule has 0 saturated carbocycles. The van der Waals surface area contributed by atoms with Crippen molar-refractivity contribution in [2.75, 3.05) is 0 Å². The Morgan fingerprint density at radius 3 is 2.62 bits per heavy atom. The lowest BCUT2D eigenvalue weighted by Gasteiger charge is -2.32. The summed E-state index contributed by atoms with van der Waals surface area (Å²) in [5, 5.41) is 21.8. The number of ether oxygens (including phenoxy) is 1. The second kappa shape index (κ2) is 9.47. The minimum atomic E-state index is -0.0421. The Kier molecular flexibility index (Phi) is 5.54. The van der Waals surface area contributed by atoms with E-state index >= 15 is 0 Å². The van der Waals surface area contributed by atoms with Crippen molar-refractivity contribution in [2.45, 2.75) is 63.5 Å². The van der Waals surface area contributed by atoms with Gasteiger partial charge in [0.15, 0.2) is 0 Å². The first-order valence-electron chi connectivity index (χ1n) is 16.2. The molecule has 2 heterocycles. The van der Waals surface area contributed by atoms with Gasteiger partial charge in [-0.05, 0) is 96.0 Å². The van der Waals surface area contributed by atoms with Crippen molar-refractivity contribution in [3.05, 3.63) is 136 Å². The number of hydrogen-bond donors (Lipinski definition) is 0. The zero-order valence-corrected chi connectivity index (χ0v) is 25.5. The molecule has 4 aliphatic carbocycles. The van der Waals surface area contributed by atoms with Gasteiger partial charge in [0.05, 0.1) is 23.7 Å². The molecule has 4 nitrogen and oxygen atoms in total. The van der Waals surface area contributed by atoms with Crippen molar-refractivity contribution >= 4 is 21.8 Å². The minimum absolute atomic E-state index is 0.00275. The van der Waals surface area contributed by atoms with Gasteiger partial charge >= 0.3 is 0 Å². The van der Waals surface area contributed by atoms with Crippen LogP contribution in [0.15, 0.2) is 119 Å². The van der Waals surface area contributed by atoms with Crippen molar-refractivity contribution < 1.29 is 4.74 Å². The first kappa shape index (κ1) is 26.4. The first-order chi connectivity index (χ1) is 22.0. The number of hydrogen-bond acceptors (Lipinski definition) is 3. The number of allylic oxidation sites excluding steroid dienone is 8. The highest BCUT2D eigenvalue weighted by atomic mass is 16.5. The van der Waals surface area contributed by atoms with Gasteiger partial charge in [0, 0.05) is 50.2 Å². The highest BCUT2D eigenvalue weighted by Crippen LogP contribution is 2.58. The van der Waals surface area contributed by atoms with Crippen molar-refractivity contribution in [3.63, 3.8) is 0 Å². The van der Waals surface area contributed by atoms with E-state index in [2.05, 4.69) is 109 Å². The molecule has 0 bridgehead atoms. The second-order valence-electron chi connectivity index (χ2n) is 13.7. The third-order valence-electron chi connectivity index (χ3n) is 11.0. The molecule has 1 aromatic heterocycles. The molecule has 0 N–H and O–H groups in total. The molecule has 0 fully saturated rings. The van der Waals surface area contributed by atoms with Gasteiger partial charge in [-0.2, -0.15) is 10.5 Å². The predicted molar refractivity (Wildman–Crippen MR) is 178 cm³/mol. The van der Waals surface area contributed by atoms with Crippen LogP contribution >= 0.6 is 0 Å². The molecule has 4 heteroatoms. The Balaban J connectivity index is 1.14. The Hall–Kier alpha value is -5.06. The number of rotatable bonds is 2. The van der Waals surface area contributed by atoms with Crippen LogP contribution in [0.3, 0.4) is 0 Å². The van der Waals surface area contributed by atoms with E-state index < -0.39 is 0 Å². The molecule has 0 spiro atoms. The van der Waals surface area contributed by atoms with Gasteiger partial charge in [0.25, 0.3) is 0 Å². The van der Waals surface area contributed by atoms with E-state index in [1.165, 1.54) is 33.4 Å². The van der Waals surface area contributed by atoms with Gasteiger partial charge in [-0.15, -0.1) is 0 Å². The number of aromatic nitrogens is 1. The zero-order chi connectivity index (χ0) is 30.4. The maximum absolute atomic E-state index is 9.98. The van der Waals surface area contributed by atoms with E-state index in [-0.39, 0.29) is 29.4 Å². The number of para-hydroxylation sites is 1. The quantitative estimate of drug-likeness (QED) is 0.236. The van der Waals surface area contributed by atoms with Gasteiger partial charge in [-0.3, -0.25) is 0 Å². The highest BCUT2D eigenvalue weighted by Gasteiger charge is 2.45. The number of nitriles is 2. The van der Waals surface area contributed by atoms with Crippen LogP contribution in [-0.2, 0) is 0 Å². The summed E-state index contributed by atoms with van der Waals surface area (Å²) in [6.07, 6.45) is 15.6. The lowest BCUT2D eigenvalue weighted by atomic mass is 9.76. The van der Waals surface area contributed by atoms with Gasteiger partial charge in [-0.25, -0.2) is 0 Å². The summed E-state index contributed by atoms with van der Waals surface area (Å²) >= 11 is 0. The minimum Gasteiger partial charge on any atom is -0.485 e. The van der Waals surface area contributed by atoms with E-state index in [1.807, 2.05) is 12.1 Å². The fourth-order valence-electron chi connectivity index (χ4n) is 8.88. The topological polar surface area (TPSA) is 61.7 Å². The van der Waals surface area contributed by atoms with Crippen molar-refractivity contribution in [1.82, 2.24) is 4.57 Å². The SMILES string of the molecule is CC1(C)C2=CC3Oc4cc(C5CCC(C#N)=CC5n5c6ccccc6c6cc(C#N)ccc65)ccc4C3C=C2C2=C1C=CCC2. The van der Waals surface area contributed by atoms with Gasteiger partial charge < -0.3 is 9.30 Å². The van der Waals surface area contributed by atoms with Crippen LogP contribution in [0.4, 0.5) is 0 Å². The number of nitrogens with zero attached hydrogens (tertiary/aromatic N) is 3. The Labute approximate surface area is 263 Å². The maximum Gasteiger partial charge on any atom is 0.128 e. The summed E-state index contributed by atoms with van der Waals surface area (Å²) < 4.78 is 9.16. The smallest absolute Gasteiger partial charge is 0.128 e. The molecule has 0 radical (unpaired) electrons. The lowest BCUT2D eigenvalue weighted by Crippen LogP contribution is -2.23. The van der Waals surface area contributed by atoms with E-state index in [0.29, 0.717) is 5.56 Å². The Morgan fingerprint density at radius 2 is 1.76 bits per heavy atom. The fourth-order valence-corrected chi connectivity index (χ4v) is 8.88. The maximum atomic E-state index is 9.98. The average molecular weight is 584 g/mol. The Morgan fingerprint density at radius 1 is 0.889 bits per heavy atom. The number of benzene rings is 3. The third-order valence-corrected chi connectivity index (χ3v) is 11.0. The van der Waals surface area contributed by atoms with Crippen molar-refractivity contribution in [2.24, 2.45) is 5.41 Å². The predicted octanol–water partition coefficient (Wildman–Crippen LogP) is 9.63. The van der Waals surface area contributed by atoms with E-state index in [9.17, 15) is 10.5 Å². The third kappa shape index (κ3) is 3.69. The monoisotopic (exact) mass is 583 g/mol. The molecule has 0 saturated heterocycles. The summed E-state index contributed by atoms with van der Waals surface area (Å²) in [4.78, 5) is 0. The summed E-state index contributed by atoms with van der Waals surface area (Å²) in [6.45, 7) is 4.71.